The summed E-state index contributed by atoms with van der Waals surface area (Å²) in [5, 5.41) is 16.7. The molecular weight excluding hydrogens is 190 g/mol. The minimum atomic E-state index is 0.848. The quantitative estimate of drug-likeness (QED) is 0.338. The predicted octanol–water partition coefficient (Wildman–Crippen LogP) is 0.600. The number of hydrogen-bond acceptors (Lipinski definition) is 3. The number of rotatable bonds is 3. The van der Waals surface area contributed by atoms with Gasteiger partial charge in [-0.2, -0.15) is 10.5 Å². The molecule has 0 aliphatic rings. The van der Waals surface area contributed by atoms with Gasteiger partial charge < -0.3 is 0 Å². The van der Waals surface area contributed by atoms with E-state index in [-0.39, 0.29) is 0 Å². The van der Waals surface area contributed by atoms with E-state index >= 15 is 0 Å². The van der Waals surface area contributed by atoms with Crippen molar-refractivity contribution in [3.05, 3.63) is 38.0 Å². The lowest BCUT2D eigenvalue weighted by Gasteiger charge is -1.83. The summed E-state index contributed by atoms with van der Waals surface area (Å²) in [6.45, 7) is 8.11. The van der Waals surface area contributed by atoms with Crippen LogP contribution < -0.4 is 9.88 Å². The Morgan fingerprint density at radius 1 is 1.40 bits per heavy atom. The molecule has 0 fully saturated rings. The van der Waals surface area contributed by atoms with Crippen molar-refractivity contribution in [3.63, 3.8) is 0 Å². The average molecular weight is 202 g/mol. The molecule has 0 aromatic carbocycles. The molecule has 15 heavy (non-hydrogen) atoms. The third kappa shape index (κ3) is 5.67. The third-order valence-corrected chi connectivity index (χ3v) is 1.37. The maximum absolute atomic E-state index is 7.48. The van der Waals surface area contributed by atoms with Crippen LogP contribution in [0.5, 0.6) is 0 Å². The molecule has 1 rings (SSSR count). The molecule has 1 aromatic rings. The summed E-state index contributed by atoms with van der Waals surface area (Å²) in [6, 6.07) is 0. The van der Waals surface area contributed by atoms with E-state index in [1.165, 1.54) is 12.4 Å². The van der Waals surface area contributed by atoms with Gasteiger partial charge in [-0.25, -0.2) is 14.5 Å². The molecule has 0 unspecified atom stereocenters. The van der Waals surface area contributed by atoms with Crippen molar-refractivity contribution >= 4 is 6.20 Å². The Hall–Kier alpha value is -2.53. The molecule has 0 radical (unpaired) electrons. The number of nitriles is 2. The summed E-state index contributed by atoms with van der Waals surface area (Å²) < 4.78 is 3.91. The second-order valence-corrected chi connectivity index (χ2v) is 2.38. The van der Waals surface area contributed by atoms with Crippen LogP contribution in [0.25, 0.3) is 6.20 Å². The molecule has 0 saturated carbocycles. The van der Waals surface area contributed by atoms with Crippen molar-refractivity contribution in [1.29, 1.82) is 10.5 Å². The van der Waals surface area contributed by atoms with Crippen molar-refractivity contribution in [3.8, 4) is 12.4 Å². The summed E-state index contributed by atoms with van der Waals surface area (Å²) in [4.78, 5) is 0. The monoisotopic (exact) mass is 202 g/mol. The lowest BCUT2D eigenvalue weighted by molar-refractivity contribution is -0.686. The average Bonchev–Trinajstić information content (AvgIpc) is 2.68. The van der Waals surface area contributed by atoms with Crippen molar-refractivity contribution < 1.29 is 4.57 Å². The Morgan fingerprint density at radius 2 is 2.07 bits per heavy atom. The van der Waals surface area contributed by atoms with Gasteiger partial charge in [0.1, 0.15) is 18.9 Å². The highest BCUT2D eigenvalue weighted by atomic mass is 15.1. The van der Waals surface area contributed by atoms with Gasteiger partial charge in [0.25, 0.3) is 0 Å². The van der Waals surface area contributed by atoms with E-state index in [0.29, 0.717) is 0 Å². The maximum atomic E-state index is 7.48. The second-order valence-electron chi connectivity index (χ2n) is 2.38. The zero-order chi connectivity index (χ0) is 11.5. The molecule has 1 heterocycles. The van der Waals surface area contributed by atoms with Gasteiger partial charge in [0.2, 0.25) is 6.33 Å². The van der Waals surface area contributed by atoms with Crippen molar-refractivity contribution in [2.24, 2.45) is 0 Å². The van der Waals surface area contributed by atoms with Crippen molar-refractivity contribution in [1.82, 2.24) is 9.88 Å². The van der Waals surface area contributed by atoms with Crippen LogP contribution in [0.15, 0.2) is 38.0 Å². The van der Waals surface area contributed by atoms with Crippen LogP contribution in [0.4, 0.5) is 0 Å². The fraction of sp³-hybridized carbons (Fsp3) is 0.100. The molecule has 1 aromatic heterocycles. The first-order chi connectivity index (χ1) is 7.28. The van der Waals surface area contributed by atoms with Crippen LogP contribution in [-0.2, 0) is 6.54 Å². The molecule has 0 aliphatic heterocycles. The van der Waals surface area contributed by atoms with E-state index in [9.17, 15) is 0 Å². The predicted molar refractivity (Wildman–Crippen MR) is 55.6 cm³/mol. The van der Waals surface area contributed by atoms with Crippen LogP contribution in [0.1, 0.15) is 0 Å². The van der Waals surface area contributed by atoms with Gasteiger partial charge >= 0.3 is 0 Å². The fourth-order valence-electron chi connectivity index (χ4n) is 0.801. The molecule has 0 saturated heterocycles. The van der Waals surface area contributed by atoms with E-state index in [2.05, 4.69) is 13.2 Å². The Bertz CT molecular complexity index is 379. The number of nitrogens with one attached hydrogen (secondary N) is 1. The lowest BCUT2D eigenvalue weighted by Crippen LogP contribution is -2.29. The first-order valence-electron chi connectivity index (χ1n) is 4.11. The number of nitrogens with zero attached hydrogens (tertiary/aromatic N) is 4. The summed E-state index contributed by atoms with van der Waals surface area (Å²) >= 11 is 0. The molecule has 0 amide bonds. The van der Waals surface area contributed by atoms with Crippen LogP contribution >= 0.6 is 0 Å². The molecule has 1 N–H and O–H groups in total. The minimum absolute atomic E-state index is 0.848. The normalized spacial score (nSPS) is 7.33. The zero-order valence-electron chi connectivity index (χ0n) is 8.30. The first kappa shape index (κ1) is 12.5. The van der Waals surface area contributed by atoms with Crippen LogP contribution in [-0.4, -0.2) is 4.57 Å². The molecule has 0 spiro atoms. The summed E-state index contributed by atoms with van der Waals surface area (Å²) in [5.41, 5.74) is 0. The van der Waals surface area contributed by atoms with Crippen LogP contribution in [0.3, 0.4) is 0 Å². The SMILES string of the molecule is C=CC[n+]1ccn(C=C)c1.N#CNC#N. The Labute approximate surface area is 88.8 Å². The summed E-state index contributed by atoms with van der Waals surface area (Å²) in [5.74, 6) is 0. The Morgan fingerprint density at radius 3 is 2.40 bits per heavy atom. The van der Waals surface area contributed by atoms with Gasteiger partial charge in [-0.3, -0.25) is 0 Å². The third-order valence-electron chi connectivity index (χ3n) is 1.37. The zero-order valence-corrected chi connectivity index (χ0v) is 8.30. The van der Waals surface area contributed by atoms with E-state index in [1.807, 2.05) is 33.9 Å². The van der Waals surface area contributed by atoms with Crippen molar-refractivity contribution in [2.45, 2.75) is 6.54 Å². The molecule has 0 aliphatic carbocycles. The highest BCUT2D eigenvalue weighted by Gasteiger charge is 1.95. The number of aromatic nitrogens is 2. The largest absolute Gasteiger partial charge is 0.248 e. The summed E-state index contributed by atoms with van der Waals surface area (Å²) in [6.07, 6.45) is 12.3. The smallest absolute Gasteiger partial charge is 0.233 e. The topological polar surface area (TPSA) is 68.4 Å². The highest BCUT2D eigenvalue weighted by Crippen LogP contribution is 1.82. The fourth-order valence-corrected chi connectivity index (χ4v) is 0.801. The highest BCUT2D eigenvalue weighted by molar-refractivity contribution is 5.13. The van der Waals surface area contributed by atoms with Crippen LogP contribution in [0.2, 0.25) is 0 Å². The first-order valence-corrected chi connectivity index (χ1v) is 4.11. The van der Waals surface area contributed by atoms with Gasteiger partial charge in [-0.15, -0.1) is 0 Å². The van der Waals surface area contributed by atoms with Crippen molar-refractivity contribution in [2.75, 3.05) is 0 Å². The molecular formula is C10H12N5+. The minimum Gasteiger partial charge on any atom is -0.233 e. The molecule has 0 bridgehead atoms. The standard InChI is InChI=1S/C8H11N2.C2HN3/c1-3-5-10-7-6-9(4-2)8-10;3-1-5-2-4/h3-4,6-8H,1-2,5H2;5H/q+1;. The number of allylic oxidation sites excluding steroid dienone is 1. The lowest BCUT2D eigenvalue weighted by atomic mass is 10.6. The van der Waals surface area contributed by atoms with Gasteiger partial charge in [-0.05, 0) is 0 Å². The van der Waals surface area contributed by atoms with Gasteiger partial charge in [0, 0.05) is 0 Å². The Balaban J connectivity index is 0.000000336. The Kier molecular flexibility index (Phi) is 6.72. The molecule has 5 nitrogen and oxygen atoms in total. The molecule has 5 heteroatoms. The second kappa shape index (κ2) is 8.09. The van der Waals surface area contributed by atoms with E-state index < -0.39 is 0 Å². The van der Waals surface area contributed by atoms with Crippen LogP contribution in [0, 0.1) is 22.9 Å². The molecule has 76 valence electrons. The van der Waals surface area contributed by atoms with E-state index in [0.717, 1.165) is 6.54 Å². The number of imidazole rings is 1. The van der Waals surface area contributed by atoms with Gasteiger partial charge in [0.15, 0.2) is 12.4 Å². The summed E-state index contributed by atoms with van der Waals surface area (Å²) in [7, 11) is 0. The number of hydrogen-bond donors (Lipinski definition) is 1. The van der Waals surface area contributed by atoms with E-state index in [4.69, 9.17) is 10.5 Å². The van der Waals surface area contributed by atoms with Gasteiger partial charge in [0.05, 0.1) is 6.20 Å². The van der Waals surface area contributed by atoms with Gasteiger partial charge in [-0.1, -0.05) is 19.2 Å². The maximum Gasteiger partial charge on any atom is 0.248 e. The molecule has 0 atom stereocenters. The van der Waals surface area contributed by atoms with E-state index in [1.54, 1.807) is 11.5 Å².